The molecular weight excluding hydrogens is 440 g/mol. The van der Waals surface area contributed by atoms with E-state index in [0.717, 1.165) is 0 Å². The van der Waals surface area contributed by atoms with Gasteiger partial charge in [-0.25, -0.2) is 0 Å². The van der Waals surface area contributed by atoms with Crippen LogP contribution in [0, 0.1) is 0 Å². The Balaban J connectivity index is 1.48. The molecule has 0 spiro atoms. The van der Waals surface area contributed by atoms with Crippen molar-refractivity contribution in [2.24, 2.45) is 0 Å². The number of hydrogen-bond acceptors (Lipinski definition) is 5. The van der Waals surface area contributed by atoms with Gasteiger partial charge in [0.05, 0.1) is 5.39 Å². The average molecular weight is 463 g/mol. The van der Waals surface area contributed by atoms with Crippen molar-refractivity contribution in [3.8, 4) is 17.2 Å². The highest BCUT2D eigenvalue weighted by molar-refractivity contribution is 6.30. The highest BCUT2D eigenvalue weighted by Gasteiger charge is 2.15. The van der Waals surface area contributed by atoms with Gasteiger partial charge in [-0.3, -0.25) is 9.59 Å². The van der Waals surface area contributed by atoms with Gasteiger partial charge >= 0.3 is 0 Å². The molecule has 0 aliphatic heterocycles. The van der Waals surface area contributed by atoms with Crippen LogP contribution in [0.25, 0.3) is 11.0 Å². The number of fused-ring (bicyclic) bond motifs is 1. The topological polar surface area (TPSA) is 65.7 Å². The Bertz CT molecular complexity index is 1350. The van der Waals surface area contributed by atoms with E-state index in [0.29, 0.717) is 33.1 Å². The molecule has 4 rings (SSSR count). The van der Waals surface area contributed by atoms with Crippen LogP contribution in [-0.2, 0) is 5.41 Å². The summed E-state index contributed by atoms with van der Waals surface area (Å²) in [5.41, 5.74) is 1.75. The van der Waals surface area contributed by atoms with Crippen molar-refractivity contribution >= 4 is 28.4 Å². The summed E-state index contributed by atoms with van der Waals surface area (Å²) in [4.78, 5) is 25.1. The molecule has 168 valence electrons. The fourth-order valence-electron chi connectivity index (χ4n) is 3.27. The van der Waals surface area contributed by atoms with Crippen molar-refractivity contribution in [2.75, 3.05) is 6.61 Å². The van der Waals surface area contributed by atoms with E-state index >= 15 is 0 Å². The maximum absolute atomic E-state index is 12.9. The first-order valence-corrected chi connectivity index (χ1v) is 10.8. The number of carbonyl (C=O) groups is 1. The zero-order valence-corrected chi connectivity index (χ0v) is 19.3. The molecule has 4 aromatic rings. The maximum Gasteiger partial charge on any atom is 0.235 e. The standard InChI is InChI=1S/C27H23ClO5/c1-27(2,3)18-6-10-20(11-7-18)33-25-16-32-24-14-21(12-13-22(24)26(25)30)31-15-23(29)17-4-8-19(28)9-5-17/h4-14,16H,15H2,1-3H3. The van der Waals surface area contributed by atoms with Gasteiger partial charge in [-0.15, -0.1) is 0 Å². The third kappa shape index (κ3) is 5.26. The summed E-state index contributed by atoms with van der Waals surface area (Å²) in [5.74, 6) is 0.877. The van der Waals surface area contributed by atoms with Crippen molar-refractivity contribution in [2.45, 2.75) is 26.2 Å². The molecule has 0 saturated carbocycles. The summed E-state index contributed by atoms with van der Waals surface area (Å²) in [6.45, 7) is 6.24. The number of ether oxygens (including phenoxy) is 2. The van der Waals surface area contributed by atoms with Gasteiger partial charge in [-0.2, -0.15) is 0 Å². The second-order valence-electron chi connectivity index (χ2n) is 8.68. The fourth-order valence-corrected chi connectivity index (χ4v) is 3.40. The van der Waals surface area contributed by atoms with Gasteiger partial charge < -0.3 is 13.9 Å². The summed E-state index contributed by atoms with van der Waals surface area (Å²) in [6, 6.07) is 19.0. The van der Waals surface area contributed by atoms with Crippen LogP contribution in [0.5, 0.6) is 17.2 Å². The highest BCUT2D eigenvalue weighted by Crippen LogP contribution is 2.27. The quantitative estimate of drug-likeness (QED) is 0.295. The minimum absolute atomic E-state index is 0.0275. The molecule has 1 heterocycles. The monoisotopic (exact) mass is 462 g/mol. The summed E-state index contributed by atoms with van der Waals surface area (Å²) < 4.78 is 17.0. The largest absolute Gasteiger partial charge is 0.485 e. The first kappa shape index (κ1) is 22.6. The fraction of sp³-hybridized carbons (Fsp3) is 0.185. The lowest BCUT2D eigenvalue weighted by molar-refractivity contribution is 0.0921. The average Bonchev–Trinajstić information content (AvgIpc) is 2.79. The highest BCUT2D eigenvalue weighted by atomic mass is 35.5. The molecule has 0 fully saturated rings. The number of rotatable bonds is 6. The smallest absolute Gasteiger partial charge is 0.235 e. The third-order valence-electron chi connectivity index (χ3n) is 5.20. The molecule has 5 nitrogen and oxygen atoms in total. The normalized spacial score (nSPS) is 11.4. The third-order valence-corrected chi connectivity index (χ3v) is 5.45. The summed E-state index contributed by atoms with van der Waals surface area (Å²) in [6.07, 6.45) is 1.28. The van der Waals surface area contributed by atoms with E-state index in [4.69, 9.17) is 25.5 Å². The Labute approximate surface area is 196 Å². The number of ketones is 1. The van der Waals surface area contributed by atoms with E-state index in [-0.39, 0.29) is 29.0 Å². The van der Waals surface area contributed by atoms with Crippen LogP contribution < -0.4 is 14.9 Å². The second kappa shape index (κ2) is 9.12. The number of carbonyl (C=O) groups excluding carboxylic acids is 1. The molecule has 6 heteroatoms. The van der Waals surface area contributed by atoms with Gasteiger partial charge in [-0.1, -0.05) is 44.5 Å². The Morgan fingerprint density at radius 2 is 1.61 bits per heavy atom. The Morgan fingerprint density at radius 1 is 0.939 bits per heavy atom. The van der Waals surface area contributed by atoms with E-state index in [1.165, 1.54) is 11.8 Å². The maximum atomic E-state index is 12.9. The van der Waals surface area contributed by atoms with E-state index < -0.39 is 0 Å². The van der Waals surface area contributed by atoms with Crippen LogP contribution in [-0.4, -0.2) is 12.4 Å². The molecule has 1 aromatic heterocycles. The minimum Gasteiger partial charge on any atom is -0.485 e. The van der Waals surface area contributed by atoms with Crippen LogP contribution in [0.2, 0.25) is 5.02 Å². The minimum atomic E-state index is -0.292. The van der Waals surface area contributed by atoms with Gasteiger partial charge in [0.1, 0.15) is 23.3 Å². The SMILES string of the molecule is CC(C)(C)c1ccc(Oc2coc3cc(OCC(=O)c4ccc(Cl)cc4)ccc3c2=O)cc1. The molecular formula is C27H23ClO5. The molecule has 0 aliphatic rings. The Morgan fingerprint density at radius 3 is 2.27 bits per heavy atom. The van der Waals surface area contributed by atoms with Gasteiger partial charge in [-0.05, 0) is 59.5 Å². The number of halogens is 1. The zero-order chi connectivity index (χ0) is 23.6. The molecule has 0 unspecified atom stereocenters. The molecule has 33 heavy (non-hydrogen) atoms. The van der Waals surface area contributed by atoms with Crippen LogP contribution in [0.4, 0.5) is 0 Å². The van der Waals surface area contributed by atoms with Gasteiger partial charge in [0.25, 0.3) is 0 Å². The van der Waals surface area contributed by atoms with E-state index in [1.54, 1.807) is 42.5 Å². The van der Waals surface area contributed by atoms with Crippen molar-refractivity contribution in [3.63, 3.8) is 0 Å². The predicted molar refractivity (Wildman–Crippen MR) is 129 cm³/mol. The van der Waals surface area contributed by atoms with Crippen molar-refractivity contribution in [3.05, 3.63) is 99.4 Å². The van der Waals surface area contributed by atoms with Crippen LogP contribution in [0.15, 0.2) is 82.2 Å². The molecule has 3 aromatic carbocycles. The summed E-state index contributed by atoms with van der Waals surface area (Å²) in [5, 5.41) is 0.914. The lowest BCUT2D eigenvalue weighted by Crippen LogP contribution is -2.11. The lowest BCUT2D eigenvalue weighted by Gasteiger charge is -2.19. The van der Waals surface area contributed by atoms with E-state index in [9.17, 15) is 9.59 Å². The van der Waals surface area contributed by atoms with Crippen LogP contribution in [0.3, 0.4) is 0 Å². The molecule has 0 atom stereocenters. The summed E-state index contributed by atoms with van der Waals surface area (Å²) in [7, 11) is 0. The molecule has 0 saturated heterocycles. The van der Waals surface area contributed by atoms with Crippen molar-refractivity contribution < 1.29 is 18.7 Å². The molecule has 0 N–H and O–H groups in total. The number of hydrogen-bond donors (Lipinski definition) is 0. The molecule has 0 aliphatic carbocycles. The molecule has 0 radical (unpaired) electrons. The predicted octanol–water partition coefficient (Wildman–Crippen LogP) is 6.80. The first-order chi connectivity index (χ1) is 15.7. The molecule has 0 bridgehead atoms. The Kier molecular flexibility index (Phi) is 6.25. The van der Waals surface area contributed by atoms with Gasteiger partial charge in [0.15, 0.2) is 12.4 Å². The van der Waals surface area contributed by atoms with Gasteiger partial charge in [0.2, 0.25) is 11.2 Å². The van der Waals surface area contributed by atoms with Crippen LogP contribution in [0.1, 0.15) is 36.7 Å². The van der Waals surface area contributed by atoms with Crippen molar-refractivity contribution in [1.29, 1.82) is 0 Å². The zero-order valence-electron chi connectivity index (χ0n) is 18.6. The summed E-state index contributed by atoms with van der Waals surface area (Å²) >= 11 is 5.85. The van der Waals surface area contributed by atoms with Crippen LogP contribution >= 0.6 is 11.6 Å². The number of benzene rings is 3. The number of Topliss-reactive ketones (excluding diaryl/α,β-unsaturated/α-hetero) is 1. The van der Waals surface area contributed by atoms with Gasteiger partial charge in [0, 0.05) is 16.7 Å². The Hall–Kier alpha value is -3.57. The van der Waals surface area contributed by atoms with E-state index in [2.05, 4.69) is 20.8 Å². The second-order valence-corrected chi connectivity index (χ2v) is 9.12. The lowest BCUT2D eigenvalue weighted by atomic mass is 9.87. The van der Waals surface area contributed by atoms with Crippen molar-refractivity contribution in [1.82, 2.24) is 0 Å². The van der Waals surface area contributed by atoms with E-state index in [1.807, 2.05) is 24.3 Å². The first-order valence-electron chi connectivity index (χ1n) is 10.5. The molecule has 0 amide bonds.